The lowest BCUT2D eigenvalue weighted by Gasteiger charge is -2.43. The standard InChI is InChI=1S/C28H36ClN3O4/c1-3-36-20-11-28(12-20)13-22(28)26(34)31-25-10-18-8-21(23(29)9-19(18)14-30-25)17-4-6-32(7-5-17)27(2)16-35-15-24(27)33/h8-10,14,17,20,22,24,33H,3-7,11-13,15-16H2,1-2H3,(H,30,31,34)/t20?,22-,24-,27+,28?/m0/s1. The number of carbonyl (C=O) groups excluding carboxylic acids is 1. The molecule has 2 saturated heterocycles. The lowest BCUT2D eigenvalue weighted by atomic mass is 9.77. The van der Waals surface area contributed by atoms with Crippen molar-refractivity contribution in [1.82, 2.24) is 9.88 Å². The van der Waals surface area contributed by atoms with Crippen LogP contribution in [0.5, 0.6) is 0 Å². The highest BCUT2D eigenvalue weighted by molar-refractivity contribution is 6.32. The lowest BCUT2D eigenvalue weighted by molar-refractivity contribution is -0.120. The zero-order chi connectivity index (χ0) is 25.1. The van der Waals surface area contributed by atoms with E-state index in [1.54, 1.807) is 6.20 Å². The van der Waals surface area contributed by atoms with E-state index < -0.39 is 6.10 Å². The monoisotopic (exact) mass is 513 g/mol. The Hall–Kier alpha value is -1.77. The second-order valence-electron chi connectivity index (χ2n) is 11.5. The van der Waals surface area contributed by atoms with E-state index in [0.29, 0.717) is 31.1 Å². The third kappa shape index (κ3) is 4.23. The minimum absolute atomic E-state index is 0.0725. The number of fused-ring (bicyclic) bond motifs is 1. The first kappa shape index (κ1) is 24.6. The zero-order valence-corrected chi connectivity index (χ0v) is 21.9. The molecule has 1 spiro atoms. The molecule has 0 bridgehead atoms. The molecule has 0 unspecified atom stereocenters. The van der Waals surface area contributed by atoms with E-state index in [2.05, 4.69) is 28.2 Å². The maximum Gasteiger partial charge on any atom is 0.229 e. The Labute approximate surface area is 217 Å². The number of pyridine rings is 1. The van der Waals surface area contributed by atoms with Gasteiger partial charge in [-0.15, -0.1) is 0 Å². The predicted octanol–water partition coefficient (Wildman–Crippen LogP) is 4.36. The van der Waals surface area contributed by atoms with Gasteiger partial charge in [0.1, 0.15) is 5.82 Å². The van der Waals surface area contributed by atoms with Crippen LogP contribution in [0.15, 0.2) is 24.4 Å². The van der Waals surface area contributed by atoms with Crippen LogP contribution in [0.25, 0.3) is 10.8 Å². The molecule has 3 heterocycles. The highest BCUT2D eigenvalue weighted by atomic mass is 35.5. The molecule has 2 aliphatic carbocycles. The molecular formula is C28H36ClN3O4. The quantitative estimate of drug-likeness (QED) is 0.597. The summed E-state index contributed by atoms with van der Waals surface area (Å²) >= 11 is 6.73. The van der Waals surface area contributed by atoms with Crippen LogP contribution in [-0.2, 0) is 14.3 Å². The summed E-state index contributed by atoms with van der Waals surface area (Å²) in [5.74, 6) is 1.10. The largest absolute Gasteiger partial charge is 0.389 e. The van der Waals surface area contributed by atoms with Gasteiger partial charge in [-0.1, -0.05) is 11.6 Å². The summed E-state index contributed by atoms with van der Waals surface area (Å²) in [6, 6.07) is 6.13. The summed E-state index contributed by atoms with van der Waals surface area (Å²) in [6.07, 6.45) is 6.58. The van der Waals surface area contributed by atoms with Crippen LogP contribution < -0.4 is 5.32 Å². The number of hydrogen-bond acceptors (Lipinski definition) is 6. The van der Waals surface area contributed by atoms with Crippen LogP contribution >= 0.6 is 11.6 Å². The van der Waals surface area contributed by atoms with Crippen molar-refractivity contribution >= 4 is 34.1 Å². The third-order valence-electron chi connectivity index (χ3n) is 9.31. The molecule has 2 saturated carbocycles. The number of rotatable bonds is 6. The number of aromatic nitrogens is 1. The topological polar surface area (TPSA) is 83.9 Å². The predicted molar refractivity (Wildman–Crippen MR) is 139 cm³/mol. The molecule has 4 aliphatic rings. The molecule has 7 nitrogen and oxygen atoms in total. The molecule has 2 aliphatic heterocycles. The summed E-state index contributed by atoms with van der Waals surface area (Å²) in [7, 11) is 0. The normalized spacial score (nSPS) is 34.7. The van der Waals surface area contributed by atoms with Crippen molar-refractivity contribution in [2.45, 2.75) is 69.6 Å². The second-order valence-corrected chi connectivity index (χ2v) is 11.9. The number of ether oxygens (including phenoxy) is 2. The van der Waals surface area contributed by atoms with E-state index in [1.165, 1.54) is 0 Å². The number of nitrogens with zero attached hydrogens (tertiary/aromatic N) is 2. The van der Waals surface area contributed by atoms with Gasteiger partial charge in [0.05, 0.1) is 31.0 Å². The summed E-state index contributed by atoms with van der Waals surface area (Å²) < 4.78 is 11.2. The van der Waals surface area contributed by atoms with Crippen molar-refractivity contribution in [1.29, 1.82) is 0 Å². The minimum Gasteiger partial charge on any atom is -0.389 e. The minimum atomic E-state index is -0.444. The van der Waals surface area contributed by atoms with Crippen molar-refractivity contribution in [3.8, 4) is 0 Å². The van der Waals surface area contributed by atoms with E-state index in [1.807, 2.05) is 19.1 Å². The molecule has 2 N–H and O–H groups in total. The Balaban J connectivity index is 1.12. The van der Waals surface area contributed by atoms with Crippen LogP contribution in [-0.4, -0.2) is 71.6 Å². The molecule has 36 heavy (non-hydrogen) atoms. The molecule has 2 aromatic rings. The van der Waals surface area contributed by atoms with Crippen molar-refractivity contribution in [2.24, 2.45) is 11.3 Å². The number of benzene rings is 1. The van der Waals surface area contributed by atoms with Gasteiger partial charge in [0.25, 0.3) is 0 Å². The Morgan fingerprint density at radius 3 is 2.72 bits per heavy atom. The molecule has 1 aromatic carbocycles. The van der Waals surface area contributed by atoms with E-state index >= 15 is 0 Å². The maximum absolute atomic E-state index is 12.9. The van der Waals surface area contributed by atoms with Crippen LogP contribution in [0.1, 0.15) is 57.4 Å². The first-order chi connectivity index (χ1) is 17.3. The van der Waals surface area contributed by atoms with Crippen molar-refractivity contribution in [3.63, 3.8) is 0 Å². The summed E-state index contributed by atoms with van der Waals surface area (Å²) in [5.41, 5.74) is 1.01. The second kappa shape index (κ2) is 9.21. The van der Waals surface area contributed by atoms with Gasteiger partial charge >= 0.3 is 0 Å². The van der Waals surface area contributed by atoms with Crippen LogP contribution in [0.3, 0.4) is 0 Å². The third-order valence-corrected chi connectivity index (χ3v) is 9.64. The van der Waals surface area contributed by atoms with Crippen LogP contribution in [0.4, 0.5) is 5.82 Å². The van der Waals surface area contributed by atoms with Gasteiger partial charge in [-0.25, -0.2) is 4.98 Å². The van der Waals surface area contributed by atoms with Crippen molar-refractivity contribution in [3.05, 3.63) is 35.0 Å². The number of amides is 1. The number of anilines is 1. The molecule has 0 radical (unpaired) electrons. The average Bonchev–Trinajstić information content (AvgIpc) is 3.50. The van der Waals surface area contributed by atoms with Gasteiger partial charge in [-0.2, -0.15) is 0 Å². The number of halogens is 1. The fourth-order valence-corrected chi connectivity index (χ4v) is 7.13. The number of likely N-dealkylation sites (tertiary alicyclic amines) is 1. The number of carbonyl (C=O) groups is 1. The molecular weight excluding hydrogens is 478 g/mol. The molecule has 8 heteroatoms. The number of hydrogen-bond donors (Lipinski definition) is 2. The van der Waals surface area contributed by atoms with Gasteiger partial charge in [-0.3, -0.25) is 9.69 Å². The van der Waals surface area contributed by atoms with E-state index in [9.17, 15) is 9.90 Å². The fourth-order valence-electron chi connectivity index (χ4n) is 6.80. The molecule has 1 amide bonds. The smallest absolute Gasteiger partial charge is 0.229 e. The summed E-state index contributed by atoms with van der Waals surface area (Å²) in [6.45, 7) is 7.65. The summed E-state index contributed by atoms with van der Waals surface area (Å²) in [4.78, 5) is 19.8. The highest BCUT2D eigenvalue weighted by Gasteiger charge is 2.64. The van der Waals surface area contributed by atoms with Gasteiger partial charge < -0.3 is 19.9 Å². The molecule has 194 valence electrons. The number of aliphatic hydroxyl groups is 1. The average molecular weight is 514 g/mol. The zero-order valence-electron chi connectivity index (χ0n) is 21.1. The molecule has 3 atom stereocenters. The van der Waals surface area contributed by atoms with Crippen LogP contribution in [0.2, 0.25) is 5.02 Å². The molecule has 1 aromatic heterocycles. The Kier molecular flexibility index (Phi) is 6.28. The maximum atomic E-state index is 12.9. The molecule has 4 fully saturated rings. The SMILES string of the molecule is CCOC1CC2(C1)C[C@H]2C(=O)Nc1cc2cc(C3CCN([C@]4(C)COC[C@@H]4O)CC3)c(Cl)cc2cn1. The Bertz CT molecular complexity index is 1160. The first-order valence-corrected chi connectivity index (χ1v) is 13.7. The van der Waals surface area contributed by atoms with Crippen molar-refractivity contribution in [2.75, 3.05) is 38.2 Å². The van der Waals surface area contributed by atoms with Gasteiger partial charge in [0.2, 0.25) is 5.91 Å². The first-order valence-electron chi connectivity index (χ1n) is 13.3. The fraction of sp³-hybridized carbons (Fsp3) is 0.643. The van der Waals surface area contributed by atoms with Crippen molar-refractivity contribution < 1.29 is 19.4 Å². The summed E-state index contributed by atoms with van der Waals surface area (Å²) in [5, 5.41) is 16.3. The van der Waals surface area contributed by atoms with E-state index in [4.69, 9.17) is 21.1 Å². The molecule has 6 rings (SSSR count). The van der Waals surface area contributed by atoms with E-state index in [0.717, 1.165) is 73.2 Å². The van der Waals surface area contributed by atoms with Crippen LogP contribution in [0, 0.1) is 11.3 Å². The van der Waals surface area contributed by atoms with Gasteiger partial charge in [0, 0.05) is 29.1 Å². The highest BCUT2D eigenvalue weighted by Crippen LogP contribution is 2.66. The van der Waals surface area contributed by atoms with E-state index in [-0.39, 0.29) is 22.8 Å². The Morgan fingerprint density at radius 1 is 1.25 bits per heavy atom. The number of nitrogens with one attached hydrogen (secondary N) is 1. The number of aliphatic hydroxyl groups excluding tert-OH is 1. The Morgan fingerprint density at radius 2 is 2.03 bits per heavy atom. The lowest BCUT2D eigenvalue weighted by Crippen LogP contribution is -2.56. The van der Waals surface area contributed by atoms with Gasteiger partial charge in [0.15, 0.2) is 0 Å². The van der Waals surface area contributed by atoms with Gasteiger partial charge in [-0.05, 0) is 99.5 Å². The number of piperidine rings is 1.